The molecule has 2 heterocycles. The molecule has 2 aliphatic rings. The highest BCUT2D eigenvalue weighted by Gasteiger charge is 2.70. The second kappa shape index (κ2) is 3.31. The van der Waals surface area contributed by atoms with Gasteiger partial charge in [-0.1, -0.05) is 0 Å². The first-order valence-corrected chi connectivity index (χ1v) is 5.73. The molecule has 5 heteroatoms. The molecule has 1 aromatic rings. The lowest BCUT2D eigenvalue weighted by atomic mass is 9.92. The molecule has 0 radical (unpaired) electrons. The maximum absolute atomic E-state index is 13.2. The number of amides is 1. The maximum Gasteiger partial charge on any atom is 0.257 e. The highest BCUT2D eigenvalue weighted by Crippen LogP contribution is 2.65. The van der Waals surface area contributed by atoms with Crippen LogP contribution in [-0.2, 0) is 0 Å². The van der Waals surface area contributed by atoms with Crippen LogP contribution in [0.4, 0.5) is 8.78 Å². The summed E-state index contributed by atoms with van der Waals surface area (Å²) in [5.74, 6) is -2.63. The van der Waals surface area contributed by atoms with Crippen molar-refractivity contribution in [1.82, 2.24) is 4.90 Å². The first kappa shape index (κ1) is 10.7. The lowest BCUT2D eigenvalue weighted by molar-refractivity contribution is 0.0284. The number of carbonyl (C=O) groups excluding carboxylic acids is 1. The summed E-state index contributed by atoms with van der Waals surface area (Å²) in [6.07, 6.45) is 3.63. The van der Waals surface area contributed by atoms with Crippen LogP contribution in [0.2, 0.25) is 0 Å². The van der Waals surface area contributed by atoms with E-state index in [9.17, 15) is 13.6 Å². The third-order valence-electron chi connectivity index (χ3n) is 3.99. The number of likely N-dealkylation sites (tertiary alicyclic amines) is 1. The van der Waals surface area contributed by atoms with Crippen molar-refractivity contribution in [3.05, 3.63) is 24.2 Å². The van der Waals surface area contributed by atoms with Gasteiger partial charge in [0.05, 0.1) is 11.8 Å². The van der Waals surface area contributed by atoms with Gasteiger partial charge in [-0.25, -0.2) is 8.78 Å². The van der Waals surface area contributed by atoms with Gasteiger partial charge in [0.25, 0.3) is 11.8 Å². The van der Waals surface area contributed by atoms with E-state index in [1.54, 1.807) is 11.0 Å². The molecule has 0 N–H and O–H groups in total. The Morgan fingerprint density at radius 1 is 1.35 bits per heavy atom. The minimum absolute atomic E-state index is 0.00621. The summed E-state index contributed by atoms with van der Waals surface area (Å²) in [5, 5.41) is 0. The second-order valence-corrected chi connectivity index (χ2v) is 4.97. The molecule has 1 aromatic heterocycles. The topological polar surface area (TPSA) is 33.5 Å². The first-order chi connectivity index (χ1) is 8.04. The molecular weight excluding hydrogens is 228 g/mol. The Morgan fingerprint density at radius 3 is 2.47 bits per heavy atom. The van der Waals surface area contributed by atoms with Gasteiger partial charge in [0, 0.05) is 24.9 Å². The summed E-state index contributed by atoms with van der Waals surface area (Å²) in [6.45, 7) is 0.833. The predicted octanol–water partition coefficient (Wildman–Crippen LogP) is 2.54. The summed E-state index contributed by atoms with van der Waals surface area (Å²) in [4.78, 5) is 13.6. The largest absolute Gasteiger partial charge is 0.472 e. The number of alkyl halides is 2. The Bertz CT molecular complexity index is 433. The molecule has 3 nitrogen and oxygen atoms in total. The van der Waals surface area contributed by atoms with Gasteiger partial charge in [-0.15, -0.1) is 0 Å². The fourth-order valence-electron chi connectivity index (χ4n) is 2.63. The standard InChI is InChI=1S/C12H13F2NO2/c13-12(14)8-11(12)2-4-15(5-3-11)10(16)9-1-6-17-7-9/h1,6-7H,2-5,8H2. The average molecular weight is 241 g/mol. The van der Waals surface area contributed by atoms with Gasteiger partial charge in [-0.05, 0) is 18.9 Å². The first-order valence-electron chi connectivity index (χ1n) is 5.73. The van der Waals surface area contributed by atoms with E-state index in [0.717, 1.165) is 0 Å². The van der Waals surface area contributed by atoms with Gasteiger partial charge in [-0.2, -0.15) is 0 Å². The summed E-state index contributed by atoms with van der Waals surface area (Å²) >= 11 is 0. The predicted molar refractivity (Wildman–Crippen MR) is 55.8 cm³/mol. The van der Waals surface area contributed by atoms with Crippen LogP contribution in [-0.4, -0.2) is 29.8 Å². The molecule has 17 heavy (non-hydrogen) atoms. The van der Waals surface area contributed by atoms with Crippen LogP contribution in [0.5, 0.6) is 0 Å². The van der Waals surface area contributed by atoms with Gasteiger partial charge in [-0.3, -0.25) is 4.79 Å². The molecule has 1 saturated heterocycles. The average Bonchev–Trinajstić information content (AvgIpc) is 2.75. The second-order valence-electron chi connectivity index (χ2n) is 4.97. The van der Waals surface area contributed by atoms with Gasteiger partial charge >= 0.3 is 0 Å². The Kier molecular flexibility index (Phi) is 2.09. The Hall–Kier alpha value is -1.39. The highest BCUT2D eigenvalue weighted by molar-refractivity contribution is 5.93. The molecule has 0 aromatic carbocycles. The van der Waals surface area contributed by atoms with Crippen LogP contribution in [0.25, 0.3) is 0 Å². The van der Waals surface area contributed by atoms with Gasteiger partial charge < -0.3 is 9.32 Å². The SMILES string of the molecule is O=C(c1ccoc1)N1CCC2(CC1)CC2(F)F. The number of furan rings is 1. The zero-order valence-corrected chi connectivity index (χ0v) is 9.29. The number of hydrogen-bond donors (Lipinski definition) is 0. The fourth-order valence-corrected chi connectivity index (χ4v) is 2.63. The Labute approximate surface area is 97.4 Å². The van der Waals surface area contributed by atoms with E-state index < -0.39 is 11.3 Å². The fraction of sp³-hybridized carbons (Fsp3) is 0.583. The van der Waals surface area contributed by atoms with Crippen molar-refractivity contribution < 1.29 is 18.0 Å². The zero-order valence-electron chi connectivity index (χ0n) is 9.29. The minimum Gasteiger partial charge on any atom is -0.472 e. The molecule has 1 saturated carbocycles. The monoisotopic (exact) mass is 241 g/mol. The zero-order chi connectivity index (χ0) is 12.1. The lowest BCUT2D eigenvalue weighted by Gasteiger charge is -2.32. The number of piperidine rings is 1. The molecule has 2 fully saturated rings. The summed E-state index contributed by atoms with van der Waals surface area (Å²) in [5.41, 5.74) is -0.316. The molecule has 1 aliphatic heterocycles. The highest BCUT2D eigenvalue weighted by atomic mass is 19.3. The van der Waals surface area contributed by atoms with E-state index in [0.29, 0.717) is 31.5 Å². The number of hydrogen-bond acceptors (Lipinski definition) is 2. The summed E-state index contributed by atoms with van der Waals surface area (Å²) in [6, 6.07) is 1.60. The van der Waals surface area contributed by atoms with Crippen molar-refractivity contribution in [3.8, 4) is 0 Å². The van der Waals surface area contributed by atoms with Crippen molar-refractivity contribution in [2.24, 2.45) is 5.41 Å². The molecular formula is C12H13F2NO2. The van der Waals surface area contributed by atoms with Crippen molar-refractivity contribution in [1.29, 1.82) is 0 Å². The Balaban J connectivity index is 1.65. The van der Waals surface area contributed by atoms with E-state index >= 15 is 0 Å². The van der Waals surface area contributed by atoms with Crippen LogP contribution in [0.3, 0.4) is 0 Å². The van der Waals surface area contributed by atoms with Crippen molar-refractivity contribution in [2.45, 2.75) is 25.2 Å². The molecule has 1 amide bonds. The van der Waals surface area contributed by atoms with Crippen LogP contribution >= 0.6 is 0 Å². The number of rotatable bonds is 1. The normalized spacial score (nSPS) is 24.9. The molecule has 3 rings (SSSR count). The maximum atomic E-state index is 13.2. The third kappa shape index (κ3) is 1.56. The van der Waals surface area contributed by atoms with Gasteiger partial charge in [0.15, 0.2) is 0 Å². The minimum atomic E-state index is -2.50. The number of nitrogens with zero attached hydrogens (tertiary/aromatic N) is 1. The van der Waals surface area contributed by atoms with Crippen molar-refractivity contribution >= 4 is 5.91 Å². The lowest BCUT2D eigenvalue weighted by Crippen LogP contribution is -2.40. The van der Waals surface area contributed by atoms with Crippen LogP contribution in [0.15, 0.2) is 23.0 Å². The third-order valence-corrected chi connectivity index (χ3v) is 3.99. The molecule has 1 aliphatic carbocycles. The van der Waals surface area contributed by atoms with Crippen LogP contribution in [0.1, 0.15) is 29.6 Å². The molecule has 92 valence electrons. The number of carbonyl (C=O) groups is 1. The molecule has 1 spiro atoms. The van der Waals surface area contributed by atoms with Crippen LogP contribution < -0.4 is 0 Å². The van der Waals surface area contributed by atoms with Gasteiger partial charge in [0.1, 0.15) is 6.26 Å². The summed E-state index contributed by atoms with van der Waals surface area (Å²) < 4.78 is 31.2. The smallest absolute Gasteiger partial charge is 0.257 e. The van der Waals surface area contributed by atoms with E-state index in [4.69, 9.17) is 4.42 Å². The summed E-state index contributed by atoms with van der Waals surface area (Å²) in [7, 11) is 0. The van der Waals surface area contributed by atoms with Crippen LogP contribution in [0, 0.1) is 5.41 Å². The van der Waals surface area contributed by atoms with Gasteiger partial charge in [0.2, 0.25) is 0 Å². The quantitative estimate of drug-likeness (QED) is 0.757. The number of halogens is 2. The molecule has 0 atom stereocenters. The van der Waals surface area contributed by atoms with Crippen molar-refractivity contribution in [3.63, 3.8) is 0 Å². The molecule has 0 bridgehead atoms. The van der Waals surface area contributed by atoms with Crippen molar-refractivity contribution in [2.75, 3.05) is 13.1 Å². The van der Waals surface area contributed by atoms with E-state index in [-0.39, 0.29) is 12.3 Å². The molecule has 0 unspecified atom stereocenters. The van der Waals surface area contributed by atoms with E-state index in [1.807, 2.05) is 0 Å². The van der Waals surface area contributed by atoms with E-state index in [1.165, 1.54) is 12.5 Å². The van der Waals surface area contributed by atoms with E-state index in [2.05, 4.69) is 0 Å². The Morgan fingerprint density at radius 2 is 2.00 bits per heavy atom.